The Kier molecular flexibility index (Phi) is 4.68. The smallest absolute Gasteiger partial charge is 0.280 e. The summed E-state index contributed by atoms with van der Waals surface area (Å²) in [6.45, 7) is 10.00. The van der Waals surface area contributed by atoms with Crippen molar-refractivity contribution >= 4 is 57.2 Å². The van der Waals surface area contributed by atoms with Gasteiger partial charge in [-0.25, -0.2) is 4.68 Å². The number of aromatic nitrogens is 4. The quantitative estimate of drug-likeness (QED) is 0.497. The van der Waals surface area contributed by atoms with Crippen molar-refractivity contribution in [1.29, 1.82) is 0 Å². The molecule has 4 aromatic rings. The molecule has 0 amide bonds. The van der Waals surface area contributed by atoms with Gasteiger partial charge in [-0.15, -0.1) is 0 Å². The van der Waals surface area contributed by atoms with Crippen molar-refractivity contribution < 1.29 is 0 Å². The van der Waals surface area contributed by atoms with E-state index in [2.05, 4.69) is 41.7 Å². The second kappa shape index (κ2) is 7.03. The molecule has 2 aromatic heterocycles. The predicted octanol–water partition coefficient (Wildman–Crippen LogP) is 3.12. The summed E-state index contributed by atoms with van der Waals surface area (Å²) in [4.78, 5) is 13.0. The number of nitrogens with one attached hydrogen (secondary N) is 2. The summed E-state index contributed by atoms with van der Waals surface area (Å²) < 4.78 is 11.2. The van der Waals surface area contributed by atoms with Gasteiger partial charge in [0.15, 0.2) is 0 Å². The Hall–Kier alpha value is -2.71. The van der Waals surface area contributed by atoms with Crippen molar-refractivity contribution in [3.05, 3.63) is 66.4 Å². The van der Waals surface area contributed by atoms with Gasteiger partial charge in [0.05, 0.1) is 33.7 Å². The number of halogens is 1. The highest BCUT2D eigenvalue weighted by Gasteiger charge is 2.11. The third-order valence-corrected chi connectivity index (χ3v) is 6.34. The highest BCUT2D eigenvalue weighted by molar-refractivity contribution is 9.10. The zero-order chi connectivity index (χ0) is 20.0. The normalized spacial score (nSPS) is 12.1. The van der Waals surface area contributed by atoms with E-state index in [-0.39, 0.29) is 5.56 Å². The van der Waals surface area contributed by atoms with Crippen LogP contribution >= 0.6 is 27.7 Å². The molecule has 0 aliphatic carbocycles. The van der Waals surface area contributed by atoms with Crippen LogP contribution < -0.4 is 21.4 Å². The van der Waals surface area contributed by atoms with Crippen LogP contribution in [0.5, 0.6) is 0 Å². The molecule has 0 atom stereocenters. The summed E-state index contributed by atoms with van der Waals surface area (Å²) in [6, 6.07) is 7.77. The van der Waals surface area contributed by atoms with Gasteiger partial charge in [-0.1, -0.05) is 28.6 Å². The van der Waals surface area contributed by atoms with Crippen molar-refractivity contribution in [2.45, 2.75) is 20.8 Å². The molecule has 28 heavy (non-hydrogen) atoms. The summed E-state index contributed by atoms with van der Waals surface area (Å²) in [5.74, 6) is 0. The Morgan fingerprint density at radius 2 is 1.96 bits per heavy atom. The summed E-state index contributed by atoms with van der Waals surface area (Å²) in [7, 11) is 0. The van der Waals surface area contributed by atoms with E-state index in [0.717, 1.165) is 43.6 Å². The van der Waals surface area contributed by atoms with Crippen LogP contribution in [0.3, 0.4) is 0 Å². The Labute approximate surface area is 173 Å². The standard InChI is InChI=1S/C20H18BrN5OS/c1-10-5-7-16-19(25-28-24-16)18(10)22-9-14-13(4)23-26(20(14)27)17-8-6-15(21)11(2)12(17)3/h5-9,22-23H,4H2,1-3H3. The highest BCUT2D eigenvalue weighted by atomic mass is 79.9. The van der Waals surface area contributed by atoms with Gasteiger partial charge in [0.1, 0.15) is 11.0 Å². The topological polar surface area (TPSA) is 75.6 Å². The zero-order valence-electron chi connectivity index (χ0n) is 15.6. The monoisotopic (exact) mass is 455 g/mol. The van der Waals surface area contributed by atoms with Crippen LogP contribution in [0.4, 0.5) is 5.69 Å². The number of benzene rings is 2. The molecule has 0 fully saturated rings. The maximum atomic E-state index is 13.0. The molecule has 142 valence electrons. The lowest BCUT2D eigenvalue weighted by atomic mass is 10.1. The number of hydrogen-bond acceptors (Lipinski definition) is 5. The fourth-order valence-electron chi connectivity index (χ4n) is 3.11. The predicted molar refractivity (Wildman–Crippen MR) is 119 cm³/mol. The minimum Gasteiger partial charge on any atom is -0.359 e. The molecule has 0 aliphatic heterocycles. The molecule has 2 N–H and O–H groups in total. The molecule has 0 saturated heterocycles. The number of aryl methyl sites for hydroxylation is 1. The molecule has 2 aromatic carbocycles. The SMILES string of the molecule is C=c1[nH]n(-c2ccc(Br)c(C)c2C)c(=O)c1=CNc1c(C)ccc2nsnc12. The van der Waals surface area contributed by atoms with Gasteiger partial charge in [0, 0.05) is 10.7 Å². The number of fused-ring (bicyclic) bond motifs is 1. The first kappa shape index (κ1) is 18.6. The first-order valence-electron chi connectivity index (χ1n) is 8.63. The van der Waals surface area contributed by atoms with Gasteiger partial charge in [-0.05, 0) is 55.7 Å². The summed E-state index contributed by atoms with van der Waals surface area (Å²) in [5.41, 5.74) is 6.24. The van der Waals surface area contributed by atoms with Crippen LogP contribution in [0.1, 0.15) is 16.7 Å². The molecule has 0 unspecified atom stereocenters. The van der Waals surface area contributed by atoms with E-state index in [4.69, 9.17) is 0 Å². The molecule has 0 aliphatic rings. The number of nitrogens with zero attached hydrogens (tertiary/aromatic N) is 3. The molecular weight excluding hydrogens is 438 g/mol. The van der Waals surface area contributed by atoms with Crippen LogP contribution in [0, 0.1) is 20.8 Å². The number of aromatic amines is 1. The molecule has 0 bridgehead atoms. The zero-order valence-corrected chi connectivity index (χ0v) is 18.0. The first-order chi connectivity index (χ1) is 13.4. The van der Waals surface area contributed by atoms with Crippen LogP contribution in [0.2, 0.25) is 0 Å². The third kappa shape index (κ3) is 2.98. The van der Waals surface area contributed by atoms with E-state index < -0.39 is 0 Å². The maximum absolute atomic E-state index is 13.0. The Morgan fingerprint density at radius 1 is 1.18 bits per heavy atom. The van der Waals surface area contributed by atoms with Gasteiger partial charge >= 0.3 is 0 Å². The molecular formula is C20H18BrN5OS. The third-order valence-electron chi connectivity index (χ3n) is 4.94. The van der Waals surface area contributed by atoms with Crippen LogP contribution in [0.15, 0.2) is 33.5 Å². The van der Waals surface area contributed by atoms with E-state index in [1.807, 2.05) is 45.0 Å². The molecule has 0 spiro atoms. The molecule has 4 rings (SSSR count). The lowest BCUT2D eigenvalue weighted by Crippen LogP contribution is -2.35. The van der Waals surface area contributed by atoms with Gasteiger partial charge in [0.2, 0.25) is 0 Å². The molecule has 6 nitrogen and oxygen atoms in total. The minimum absolute atomic E-state index is 0.163. The summed E-state index contributed by atoms with van der Waals surface area (Å²) in [6.07, 6.45) is 1.68. The molecule has 2 heterocycles. The van der Waals surface area contributed by atoms with Gasteiger partial charge in [-0.2, -0.15) is 8.75 Å². The Balaban J connectivity index is 1.83. The van der Waals surface area contributed by atoms with E-state index in [1.54, 1.807) is 6.20 Å². The molecule has 0 radical (unpaired) electrons. The number of anilines is 1. The van der Waals surface area contributed by atoms with Gasteiger partial charge < -0.3 is 5.32 Å². The van der Waals surface area contributed by atoms with Crippen molar-refractivity contribution in [3.8, 4) is 5.69 Å². The van der Waals surface area contributed by atoms with Crippen molar-refractivity contribution in [1.82, 2.24) is 18.5 Å². The summed E-state index contributed by atoms with van der Waals surface area (Å²) >= 11 is 4.70. The van der Waals surface area contributed by atoms with Crippen molar-refractivity contribution in [2.24, 2.45) is 0 Å². The lowest BCUT2D eigenvalue weighted by Gasteiger charge is -2.10. The maximum Gasteiger partial charge on any atom is 0.280 e. The molecule has 0 saturated carbocycles. The largest absolute Gasteiger partial charge is 0.359 e. The van der Waals surface area contributed by atoms with E-state index in [9.17, 15) is 4.79 Å². The van der Waals surface area contributed by atoms with E-state index in [0.29, 0.717) is 10.6 Å². The minimum atomic E-state index is -0.163. The van der Waals surface area contributed by atoms with Crippen molar-refractivity contribution in [2.75, 3.05) is 5.32 Å². The Morgan fingerprint density at radius 3 is 2.75 bits per heavy atom. The first-order valence-corrected chi connectivity index (χ1v) is 10.2. The lowest BCUT2D eigenvalue weighted by molar-refractivity contribution is 0.829. The molecule has 8 heteroatoms. The van der Waals surface area contributed by atoms with Crippen LogP contribution in [-0.2, 0) is 0 Å². The van der Waals surface area contributed by atoms with Crippen LogP contribution in [-0.4, -0.2) is 18.5 Å². The van der Waals surface area contributed by atoms with Crippen molar-refractivity contribution in [3.63, 3.8) is 0 Å². The van der Waals surface area contributed by atoms with Gasteiger partial charge in [-0.3, -0.25) is 9.89 Å². The average Bonchev–Trinajstić information content (AvgIpc) is 3.25. The number of H-pyrrole nitrogens is 1. The number of hydrogen-bond donors (Lipinski definition) is 2. The second-order valence-electron chi connectivity index (χ2n) is 6.64. The second-order valence-corrected chi connectivity index (χ2v) is 8.02. The number of rotatable bonds is 3. The van der Waals surface area contributed by atoms with E-state index >= 15 is 0 Å². The Bertz CT molecular complexity index is 1380. The highest BCUT2D eigenvalue weighted by Crippen LogP contribution is 2.25. The van der Waals surface area contributed by atoms with Gasteiger partial charge in [0.25, 0.3) is 5.56 Å². The fraction of sp³-hybridized carbons (Fsp3) is 0.150. The fourth-order valence-corrected chi connectivity index (χ4v) is 4.08. The summed E-state index contributed by atoms with van der Waals surface area (Å²) in [5, 5.41) is 7.33. The average molecular weight is 456 g/mol. The van der Waals surface area contributed by atoms with Crippen LogP contribution in [0.25, 0.3) is 29.5 Å². The van der Waals surface area contributed by atoms with E-state index in [1.165, 1.54) is 16.4 Å².